The van der Waals surface area contributed by atoms with E-state index >= 15 is 0 Å². The topological polar surface area (TPSA) is 50.7 Å². The van der Waals surface area contributed by atoms with Crippen LogP contribution in [0.1, 0.15) is 25.5 Å². The zero-order valence-electron chi connectivity index (χ0n) is 11.3. The molecule has 1 aliphatic rings. The molecule has 1 aromatic rings. The molecule has 2 rings (SSSR count). The van der Waals surface area contributed by atoms with E-state index in [0.29, 0.717) is 19.1 Å². The molecule has 1 aromatic carbocycles. The number of ether oxygens (including phenoxy) is 2. The van der Waals surface area contributed by atoms with Gasteiger partial charge < -0.3 is 19.9 Å². The minimum Gasteiger partial charge on any atom is -0.486 e. The van der Waals surface area contributed by atoms with Crippen molar-refractivity contribution in [3.05, 3.63) is 22.2 Å². The number of fused-ring (bicyclic) bond motifs is 1. The van der Waals surface area contributed by atoms with E-state index in [1.165, 1.54) is 0 Å². The van der Waals surface area contributed by atoms with Gasteiger partial charge in [0, 0.05) is 0 Å². The predicted molar refractivity (Wildman–Crippen MR) is 77.8 cm³/mol. The first kappa shape index (κ1) is 14.6. The quantitative estimate of drug-likeness (QED) is 0.871. The van der Waals surface area contributed by atoms with Crippen molar-refractivity contribution in [2.75, 3.05) is 26.4 Å². The van der Waals surface area contributed by atoms with Crippen LogP contribution in [0.3, 0.4) is 0 Å². The van der Waals surface area contributed by atoms with Gasteiger partial charge in [0.15, 0.2) is 11.5 Å². The number of halogens is 1. The molecule has 0 aromatic heterocycles. The summed E-state index contributed by atoms with van der Waals surface area (Å²) in [5.41, 5.74) is 0.999. The maximum atomic E-state index is 9.54. The summed E-state index contributed by atoms with van der Waals surface area (Å²) < 4.78 is 12.0. The van der Waals surface area contributed by atoms with Gasteiger partial charge in [-0.05, 0) is 46.1 Å². The largest absolute Gasteiger partial charge is 0.486 e. The third-order valence-corrected chi connectivity index (χ3v) is 3.57. The van der Waals surface area contributed by atoms with Crippen molar-refractivity contribution < 1.29 is 14.6 Å². The monoisotopic (exact) mass is 329 g/mol. The molecular formula is C14H20BrNO3. The van der Waals surface area contributed by atoms with Gasteiger partial charge in [0.2, 0.25) is 0 Å². The van der Waals surface area contributed by atoms with E-state index in [4.69, 9.17) is 9.47 Å². The number of rotatable bonds is 5. The van der Waals surface area contributed by atoms with Crippen molar-refractivity contribution in [1.82, 2.24) is 5.32 Å². The molecular weight excluding hydrogens is 310 g/mol. The Hall–Kier alpha value is -0.780. The molecule has 0 spiro atoms. The van der Waals surface area contributed by atoms with E-state index < -0.39 is 0 Å². The zero-order valence-corrected chi connectivity index (χ0v) is 12.9. The molecule has 0 aliphatic carbocycles. The Kier molecular flexibility index (Phi) is 5.07. The average Bonchev–Trinajstić information content (AvgIpc) is 2.39. The van der Waals surface area contributed by atoms with E-state index in [1.54, 1.807) is 0 Å². The number of hydrogen-bond donors (Lipinski definition) is 2. The molecule has 4 nitrogen and oxygen atoms in total. The summed E-state index contributed by atoms with van der Waals surface area (Å²) in [7, 11) is 0. The molecule has 106 valence electrons. The molecule has 1 atom stereocenters. The molecule has 19 heavy (non-hydrogen) atoms. The van der Waals surface area contributed by atoms with Gasteiger partial charge in [-0.3, -0.25) is 0 Å². The minimum absolute atomic E-state index is 0.0544. The number of benzene rings is 1. The summed E-state index contributed by atoms with van der Waals surface area (Å²) in [6, 6.07) is 3.82. The van der Waals surface area contributed by atoms with Crippen LogP contribution in [0, 0.1) is 5.92 Å². The van der Waals surface area contributed by atoms with E-state index in [9.17, 15) is 5.11 Å². The Morgan fingerprint density at radius 2 is 2.05 bits per heavy atom. The summed E-state index contributed by atoms with van der Waals surface area (Å²) in [6.07, 6.45) is 0. The van der Waals surface area contributed by atoms with Crippen molar-refractivity contribution in [3.8, 4) is 11.5 Å². The summed E-state index contributed by atoms with van der Waals surface area (Å²) in [6.45, 7) is 6.32. The van der Waals surface area contributed by atoms with E-state index in [1.807, 2.05) is 12.1 Å². The molecule has 0 bridgehead atoms. The first-order chi connectivity index (χ1) is 9.11. The van der Waals surface area contributed by atoms with E-state index in [2.05, 4.69) is 35.1 Å². The Labute approximate surface area is 122 Å². The van der Waals surface area contributed by atoms with Gasteiger partial charge in [0.05, 0.1) is 17.1 Å². The predicted octanol–water partition coefficient (Wildman–Crippen LogP) is 2.50. The minimum atomic E-state index is -0.0884. The normalized spacial score (nSPS) is 15.6. The van der Waals surface area contributed by atoms with Crippen LogP contribution in [-0.4, -0.2) is 31.5 Å². The van der Waals surface area contributed by atoms with Crippen molar-refractivity contribution in [1.29, 1.82) is 0 Å². The maximum absolute atomic E-state index is 9.54. The number of aliphatic hydroxyl groups excluding tert-OH is 1. The lowest BCUT2D eigenvalue weighted by Crippen LogP contribution is -2.28. The summed E-state index contributed by atoms with van der Waals surface area (Å²) in [5.74, 6) is 2.02. The lowest BCUT2D eigenvalue weighted by molar-refractivity contribution is 0.169. The average molecular weight is 330 g/mol. The van der Waals surface area contributed by atoms with Crippen LogP contribution in [0.2, 0.25) is 0 Å². The second kappa shape index (κ2) is 6.59. The van der Waals surface area contributed by atoms with Crippen molar-refractivity contribution >= 4 is 15.9 Å². The van der Waals surface area contributed by atoms with Crippen LogP contribution in [0.15, 0.2) is 16.6 Å². The van der Waals surface area contributed by atoms with Gasteiger partial charge in [-0.2, -0.15) is 0 Å². The van der Waals surface area contributed by atoms with E-state index in [0.717, 1.165) is 28.1 Å². The Morgan fingerprint density at radius 3 is 2.74 bits per heavy atom. The highest BCUT2D eigenvalue weighted by molar-refractivity contribution is 9.10. The highest BCUT2D eigenvalue weighted by Gasteiger charge is 2.19. The summed E-state index contributed by atoms with van der Waals surface area (Å²) in [5, 5.41) is 12.9. The zero-order chi connectivity index (χ0) is 13.8. The van der Waals surface area contributed by atoms with Crippen LogP contribution < -0.4 is 14.8 Å². The van der Waals surface area contributed by atoms with Crippen molar-refractivity contribution in [2.45, 2.75) is 19.9 Å². The smallest absolute Gasteiger partial charge is 0.175 e. The van der Waals surface area contributed by atoms with Gasteiger partial charge in [-0.15, -0.1) is 0 Å². The lowest BCUT2D eigenvalue weighted by Gasteiger charge is -2.23. The molecule has 1 aliphatic heterocycles. The molecule has 1 unspecified atom stereocenters. The summed E-state index contributed by atoms with van der Waals surface area (Å²) >= 11 is 3.50. The molecule has 0 saturated heterocycles. The van der Waals surface area contributed by atoms with Crippen molar-refractivity contribution in [2.24, 2.45) is 5.92 Å². The Balaban J connectivity index is 2.20. The SMILES string of the molecule is CC(C)CNC(CO)c1cc(Br)c2c(c1)OCCO2. The fourth-order valence-corrected chi connectivity index (χ4v) is 2.57. The molecule has 0 saturated carbocycles. The molecule has 1 heterocycles. The van der Waals surface area contributed by atoms with Crippen LogP contribution in [-0.2, 0) is 0 Å². The third-order valence-electron chi connectivity index (χ3n) is 2.98. The van der Waals surface area contributed by atoms with Gasteiger partial charge in [0.1, 0.15) is 13.2 Å². The highest BCUT2D eigenvalue weighted by atomic mass is 79.9. The van der Waals surface area contributed by atoms with Crippen LogP contribution in [0.25, 0.3) is 0 Å². The van der Waals surface area contributed by atoms with Crippen LogP contribution in [0.4, 0.5) is 0 Å². The molecule has 0 fully saturated rings. The first-order valence-electron chi connectivity index (χ1n) is 6.55. The van der Waals surface area contributed by atoms with Crippen molar-refractivity contribution in [3.63, 3.8) is 0 Å². The maximum Gasteiger partial charge on any atom is 0.175 e. The van der Waals surface area contributed by atoms with Gasteiger partial charge in [-0.1, -0.05) is 13.8 Å². The van der Waals surface area contributed by atoms with Gasteiger partial charge >= 0.3 is 0 Å². The lowest BCUT2D eigenvalue weighted by atomic mass is 10.1. The van der Waals surface area contributed by atoms with E-state index in [-0.39, 0.29) is 12.6 Å². The highest BCUT2D eigenvalue weighted by Crippen LogP contribution is 2.39. The Bertz CT molecular complexity index is 437. The summed E-state index contributed by atoms with van der Waals surface area (Å²) in [4.78, 5) is 0. The van der Waals surface area contributed by atoms with Crippen LogP contribution in [0.5, 0.6) is 11.5 Å². The second-order valence-electron chi connectivity index (χ2n) is 5.06. The second-order valence-corrected chi connectivity index (χ2v) is 5.92. The van der Waals surface area contributed by atoms with Crippen LogP contribution >= 0.6 is 15.9 Å². The fraction of sp³-hybridized carbons (Fsp3) is 0.571. The van der Waals surface area contributed by atoms with Gasteiger partial charge in [-0.25, -0.2) is 0 Å². The fourth-order valence-electron chi connectivity index (χ4n) is 2.00. The molecule has 0 amide bonds. The first-order valence-corrected chi connectivity index (χ1v) is 7.34. The number of nitrogens with one attached hydrogen (secondary N) is 1. The molecule has 5 heteroatoms. The number of hydrogen-bond acceptors (Lipinski definition) is 4. The third kappa shape index (κ3) is 3.61. The van der Waals surface area contributed by atoms with Gasteiger partial charge in [0.25, 0.3) is 0 Å². The molecule has 2 N–H and O–H groups in total. The standard InChI is InChI=1S/C14H20BrNO3/c1-9(2)7-16-12(8-17)10-5-11(15)14-13(6-10)18-3-4-19-14/h5-6,9,12,16-17H,3-4,7-8H2,1-2H3. The number of aliphatic hydroxyl groups is 1. The molecule has 0 radical (unpaired) electrons. The Morgan fingerprint density at radius 1 is 1.32 bits per heavy atom.